The molecule has 4 aromatic carbocycles. The largest absolute Gasteiger partial charge is 0.392 e. The molecule has 0 bridgehead atoms. The Bertz CT molecular complexity index is 1260. The van der Waals surface area contributed by atoms with Crippen molar-refractivity contribution in [1.29, 1.82) is 0 Å². The van der Waals surface area contributed by atoms with Crippen LogP contribution in [-0.2, 0) is 6.61 Å². The molecule has 2 N–H and O–H groups in total. The van der Waals surface area contributed by atoms with Gasteiger partial charge < -0.3 is 10.4 Å². The molecule has 0 aliphatic heterocycles. The number of carbonyl (C=O) groups is 2. The Morgan fingerprint density at radius 2 is 1.57 bits per heavy atom. The van der Waals surface area contributed by atoms with E-state index in [9.17, 15) is 14.7 Å². The summed E-state index contributed by atoms with van der Waals surface area (Å²) in [7, 11) is 0. The fraction of sp³-hybridized carbons (Fsp3) is 0.0769. The van der Waals surface area contributed by atoms with E-state index in [4.69, 9.17) is 0 Å². The molecule has 0 unspecified atom stereocenters. The third kappa shape index (κ3) is 4.00. The minimum Gasteiger partial charge on any atom is -0.392 e. The van der Waals surface area contributed by atoms with E-state index < -0.39 is 0 Å². The van der Waals surface area contributed by atoms with Crippen LogP contribution in [0.3, 0.4) is 0 Å². The van der Waals surface area contributed by atoms with Gasteiger partial charge in [-0.15, -0.1) is 0 Å². The van der Waals surface area contributed by atoms with Gasteiger partial charge in [0.2, 0.25) is 0 Å². The summed E-state index contributed by atoms with van der Waals surface area (Å²) in [6.07, 6.45) is 0. The minimum absolute atomic E-state index is 0.0483. The summed E-state index contributed by atoms with van der Waals surface area (Å²) in [5, 5.41) is 14.3. The van der Waals surface area contributed by atoms with E-state index in [-0.39, 0.29) is 18.3 Å². The fourth-order valence-corrected chi connectivity index (χ4v) is 3.50. The molecule has 0 aliphatic carbocycles. The number of anilines is 1. The predicted octanol–water partition coefficient (Wildman–Crippen LogP) is 5.45. The summed E-state index contributed by atoms with van der Waals surface area (Å²) in [6, 6.07) is 26.3. The summed E-state index contributed by atoms with van der Waals surface area (Å²) >= 11 is 0. The Balaban J connectivity index is 1.66. The number of amides is 1. The molecule has 30 heavy (non-hydrogen) atoms. The Morgan fingerprint density at radius 1 is 0.800 bits per heavy atom. The lowest BCUT2D eigenvalue weighted by atomic mass is 9.98. The lowest BCUT2D eigenvalue weighted by molar-refractivity contribution is 0.101. The highest BCUT2D eigenvalue weighted by Crippen LogP contribution is 2.27. The molecule has 4 rings (SSSR count). The summed E-state index contributed by atoms with van der Waals surface area (Å²) in [6.45, 7) is 1.43. The number of fused-ring (bicyclic) bond motifs is 1. The van der Waals surface area contributed by atoms with Crippen molar-refractivity contribution < 1.29 is 14.7 Å². The van der Waals surface area contributed by atoms with E-state index >= 15 is 0 Å². The van der Waals surface area contributed by atoms with E-state index in [1.54, 1.807) is 18.2 Å². The Hall–Kier alpha value is -3.76. The molecular formula is C26H21NO3. The molecule has 4 nitrogen and oxygen atoms in total. The Morgan fingerprint density at radius 3 is 2.33 bits per heavy atom. The van der Waals surface area contributed by atoms with Gasteiger partial charge in [-0.2, -0.15) is 0 Å². The van der Waals surface area contributed by atoms with Gasteiger partial charge in [-0.25, -0.2) is 0 Å². The van der Waals surface area contributed by atoms with Crippen molar-refractivity contribution in [2.45, 2.75) is 13.5 Å². The highest BCUT2D eigenvalue weighted by Gasteiger charge is 2.14. The van der Waals surface area contributed by atoms with E-state index in [1.807, 2.05) is 66.7 Å². The van der Waals surface area contributed by atoms with Gasteiger partial charge >= 0.3 is 0 Å². The van der Waals surface area contributed by atoms with Crippen LogP contribution in [-0.4, -0.2) is 16.8 Å². The van der Waals surface area contributed by atoms with Gasteiger partial charge in [0.1, 0.15) is 0 Å². The lowest BCUT2D eigenvalue weighted by Gasteiger charge is -2.12. The number of rotatable bonds is 5. The predicted molar refractivity (Wildman–Crippen MR) is 120 cm³/mol. The highest BCUT2D eigenvalue weighted by molar-refractivity contribution is 6.10. The molecule has 0 fully saturated rings. The van der Waals surface area contributed by atoms with Gasteiger partial charge in [0, 0.05) is 11.1 Å². The molecule has 0 heterocycles. The third-order valence-corrected chi connectivity index (χ3v) is 5.10. The molecular weight excluding hydrogens is 374 g/mol. The van der Waals surface area contributed by atoms with E-state index in [2.05, 4.69) is 5.32 Å². The number of hydrogen-bond acceptors (Lipinski definition) is 3. The quantitative estimate of drug-likeness (QED) is 0.441. The van der Waals surface area contributed by atoms with Gasteiger partial charge in [0.05, 0.1) is 12.3 Å². The van der Waals surface area contributed by atoms with E-state index in [0.717, 1.165) is 27.5 Å². The number of carbonyl (C=O) groups excluding carboxylic acids is 2. The topological polar surface area (TPSA) is 66.4 Å². The minimum atomic E-state index is -0.265. The molecule has 0 spiro atoms. The number of ketones is 1. The molecule has 0 aromatic heterocycles. The van der Waals surface area contributed by atoms with Gasteiger partial charge in [0.25, 0.3) is 5.91 Å². The van der Waals surface area contributed by atoms with Gasteiger partial charge in [-0.1, -0.05) is 54.6 Å². The summed E-state index contributed by atoms with van der Waals surface area (Å²) in [4.78, 5) is 25.1. The highest BCUT2D eigenvalue weighted by atomic mass is 16.3. The first-order chi connectivity index (χ1) is 14.5. The van der Waals surface area contributed by atoms with Gasteiger partial charge in [-0.3, -0.25) is 9.59 Å². The molecule has 0 radical (unpaired) electrons. The number of Topliss-reactive ketones (excluding diaryl/α,β-unsaturated/α-hetero) is 1. The molecule has 0 atom stereocenters. The SMILES string of the molecule is CC(=O)c1cc(-c2cccc(CO)c2)ccc1NC(=O)c1ccc2ccccc2c1. The zero-order valence-electron chi connectivity index (χ0n) is 16.6. The van der Waals surface area contributed by atoms with Crippen molar-refractivity contribution in [2.75, 3.05) is 5.32 Å². The normalized spacial score (nSPS) is 10.7. The number of hydrogen-bond donors (Lipinski definition) is 2. The Labute approximate surface area is 174 Å². The molecule has 0 saturated heterocycles. The first-order valence-electron chi connectivity index (χ1n) is 9.70. The number of nitrogens with one attached hydrogen (secondary N) is 1. The van der Waals surface area contributed by atoms with Crippen molar-refractivity contribution in [3.63, 3.8) is 0 Å². The first-order valence-corrected chi connectivity index (χ1v) is 9.70. The van der Waals surface area contributed by atoms with Crippen LogP contribution >= 0.6 is 0 Å². The van der Waals surface area contributed by atoms with Crippen LogP contribution in [0.1, 0.15) is 33.2 Å². The lowest BCUT2D eigenvalue weighted by Crippen LogP contribution is -2.14. The summed E-state index contributed by atoms with van der Waals surface area (Å²) < 4.78 is 0. The molecule has 148 valence electrons. The van der Waals surface area contributed by atoms with Crippen LogP contribution in [0, 0.1) is 0 Å². The van der Waals surface area contributed by atoms with E-state index in [1.165, 1.54) is 6.92 Å². The van der Waals surface area contributed by atoms with Crippen LogP contribution in [0.15, 0.2) is 84.9 Å². The number of benzene rings is 4. The molecule has 1 amide bonds. The van der Waals surface area contributed by atoms with Gasteiger partial charge in [-0.05, 0) is 64.7 Å². The second-order valence-electron chi connectivity index (χ2n) is 7.19. The van der Waals surface area contributed by atoms with Crippen molar-refractivity contribution in [3.05, 3.63) is 102 Å². The molecule has 4 heteroatoms. The van der Waals surface area contributed by atoms with Crippen LogP contribution in [0.4, 0.5) is 5.69 Å². The standard InChI is InChI=1S/C26H21NO3/c1-17(29)24-15-22(20-8-4-5-18(13-20)16-28)11-12-25(24)27-26(30)23-10-9-19-6-2-3-7-21(19)14-23/h2-15,28H,16H2,1H3,(H,27,30). The maximum absolute atomic E-state index is 12.8. The van der Waals surface area contributed by atoms with Crippen molar-refractivity contribution in [3.8, 4) is 11.1 Å². The Kier molecular flexibility index (Phi) is 5.42. The third-order valence-electron chi connectivity index (χ3n) is 5.10. The second-order valence-corrected chi connectivity index (χ2v) is 7.19. The maximum Gasteiger partial charge on any atom is 0.255 e. The van der Waals surface area contributed by atoms with Crippen LogP contribution in [0.25, 0.3) is 21.9 Å². The van der Waals surface area contributed by atoms with Crippen LogP contribution in [0.5, 0.6) is 0 Å². The van der Waals surface area contributed by atoms with Crippen molar-refractivity contribution >= 4 is 28.2 Å². The fourth-order valence-electron chi connectivity index (χ4n) is 3.50. The van der Waals surface area contributed by atoms with E-state index in [0.29, 0.717) is 16.8 Å². The number of aliphatic hydroxyl groups excluding tert-OH is 1. The van der Waals surface area contributed by atoms with Crippen molar-refractivity contribution in [1.82, 2.24) is 0 Å². The first kappa shape index (κ1) is 19.6. The van der Waals surface area contributed by atoms with Crippen LogP contribution in [0.2, 0.25) is 0 Å². The zero-order chi connectivity index (χ0) is 21.1. The second kappa shape index (κ2) is 8.31. The smallest absolute Gasteiger partial charge is 0.255 e. The van der Waals surface area contributed by atoms with Gasteiger partial charge in [0.15, 0.2) is 5.78 Å². The van der Waals surface area contributed by atoms with Crippen LogP contribution < -0.4 is 5.32 Å². The summed E-state index contributed by atoms with van der Waals surface area (Å²) in [5.41, 5.74) is 3.99. The molecule has 0 saturated carbocycles. The monoisotopic (exact) mass is 395 g/mol. The zero-order valence-corrected chi connectivity index (χ0v) is 16.6. The average molecular weight is 395 g/mol. The number of aliphatic hydroxyl groups is 1. The maximum atomic E-state index is 12.8. The average Bonchev–Trinajstić information content (AvgIpc) is 2.78. The molecule has 0 aliphatic rings. The summed E-state index contributed by atoms with van der Waals surface area (Å²) in [5.74, 6) is -0.401. The van der Waals surface area contributed by atoms with Crippen molar-refractivity contribution in [2.24, 2.45) is 0 Å². The molecule has 4 aromatic rings.